The number of anilines is 1. The number of carbonyl (C=O) groups is 2. The maximum absolute atomic E-state index is 13.4. The maximum atomic E-state index is 13.4. The van der Waals surface area contributed by atoms with Gasteiger partial charge in [-0.15, -0.1) is 0 Å². The van der Waals surface area contributed by atoms with Gasteiger partial charge in [0.2, 0.25) is 0 Å². The Labute approximate surface area is 127 Å². The molecule has 2 aromatic rings. The summed E-state index contributed by atoms with van der Waals surface area (Å²) in [5.41, 5.74) is 1.58. The largest absolute Gasteiger partial charge is 0.452 e. The third kappa shape index (κ3) is 4.15. The van der Waals surface area contributed by atoms with E-state index in [0.717, 1.165) is 18.1 Å². The van der Waals surface area contributed by atoms with Gasteiger partial charge in [-0.05, 0) is 36.2 Å². The molecule has 4 nitrogen and oxygen atoms in total. The zero-order chi connectivity index (χ0) is 15.9. The van der Waals surface area contributed by atoms with E-state index in [1.807, 2.05) is 19.1 Å². The Morgan fingerprint density at radius 2 is 1.77 bits per heavy atom. The van der Waals surface area contributed by atoms with Crippen molar-refractivity contribution in [2.45, 2.75) is 13.3 Å². The van der Waals surface area contributed by atoms with Gasteiger partial charge in [0.25, 0.3) is 5.91 Å². The number of halogens is 1. The highest BCUT2D eigenvalue weighted by atomic mass is 19.1. The average molecular weight is 301 g/mol. The number of hydrogen-bond donors (Lipinski definition) is 1. The Balaban J connectivity index is 1.87. The fourth-order valence-corrected chi connectivity index (χ4v) is 1.86. The average Bonchev–Trinajstić information content (AvgIpc) is 2.54. The van der Waals surface area contributed by atoms with Gasteiger partial charge < -0.3 is 10.1 Å². The van der Waals surface area contributed by atoms with Crippen LogP contribution in [0.5, 0.6) is 0 Å². The van der Waals surface area contributed by atoms with Crippen molar-refractivity contribution in [2.24, 2.45) is 0 Å². The summed E-state index contributed by atoms with van der Waals surface area (Å²) >= 11 is 0. The van der Waals surface area contributed by atoms with Crippen LogP contribution >= 0.6 is 0 Å². The molecule has 2 aromatic carbocycles. The molecule has 0 aliphatic heterocycles. The van der Waals surface area contributed by atoms with Gasteiger partial charge in [0.1, 0.15) is 5.82 Å². The lowest BCUT2D eigenvalue weighted by Crippen LogP contribution is -2.21. The molecule has 0 atom stereocenters. The first-order valence-electron chi connectivity index (χ1n) is 6.90. The van der Waals surface area contributed by atoms with Gasteiger partial charge in [-0.25, -0.2) is 9.18 Å². The summed E-state index contributed by atoms with van der Waals surface area (Å²) in [6.45, 7) is 1.57. The molecule has 0 aliphatic carbocycles. The first-order valence-corrected chi connectivity index (χ1v) is 6.90. The van der Waals surface area contributed by atoms with Crippen LogP contribution in [0.15, 0.2) is 48.5 Å². The van der Waals surface area contributed by atoms with E-state index in [9.17, 15) is 14.0 Å². The van der Waals surface area contributed by atoms with Crippen LogP contribution in [0.25, 0.3) is 0 Å². The van der Waals surface area contributed by atoms with Crippen molar-refractivity contribution < 1.29 is 18.7 Å². The normalized spacial score (nSPS) is 10.1. The molecular weight excluding hydrogens is 285 g/mol. The summed E-state index contributed by atoms with van der Waals surface area (Å²) in [6.07, 6.45) is 0.911. The van der Waals surface area contributed by atoms with Gasteiger partial charge in [0.05, 0.1) is 5.56 Å². The summed E-state index contributed by atoms with van der Waals surface area (Å²) < 4.78 is 18.2. The van der Waals surface area contributed by atoms with Gasteiger partial charge in [0.15, 0.2) is 6.61 Å². The number of hydrogen-bond acceptors (Lipinski definition) is 3. The molecule has 114 valence electrons. The van der Waals surface area contributed by atoms with E-state index in [0.29, 0.717) is 5.69 Å². The molecule has 0 saturated carbocycles. The second kappa shape index (κ2) is 7.36. The molecular formula is C17H16FNO3. The Morgan fingerprint density at radius 3 is 2.41 bits per heavy atom. The van der Waals surface area contributed by atoms with E-state index in [-0.39, 0.29) is 5.56 Å². The minimum atomic E-state index is -0.866. The highest BCUT2D eigenvalue weighted by molar-refractivity contribution is 5.95. The molecule has 1 amide bonds. The molecule has 0 fully saturated rings. The zero-order valence-corrected chi connectivity index (χ0v) is 12.1. The standard InChI is InChI=1S/C17H16FNO3/c1-2-12-7-9-13(10-8-12)19-16(20)11-22-17(21)14-5-3-4-6-15(14)18/h3-10H,2,11H2,1H3,(H,19,20). The molecule has 0 aliphatic rings. The zero-order valence-electron chi connectivity index (χ0n) is 12.1. The first-order chi connectivity index (χ1) is 10.6. The molecule has 1 N–H and O–H groups in total. The van der Waals surface area contributed by atoms with E-state index in [2.05, 4.69) is 5.32 Å². The number of ether oxygens (including phenoxy) is 1. The van der Waals surface area contributed by atoms with E-state index in [4.69, 9.17) is 4.74 Å². The lowest BCUT2D eigenvalue weighted by molar-refractivity contribution is -0.119. The molecule has 0 bridgehead atoms. The molecule has 22 heavy (non-hydrogen) atoms. The Kier molecular flexibility index (Phi) is 5.25. The molecule has 0 radical (unpaired) electrons. The first kappa shape index (κ1) is 15.7. The quantitative estimate of drug-likeness (QED) is 0.863. The second-order valence-corrected chi connectivity index (χ2v) is 4.65. The topological polar surface area (TPSA) is 55.4 Å². The van der Waals surface area contributed by atoms with Crippen LogP contribution in [0.3, 0.4) is 0 Å². The number of rotatable bonds is 5. The van der Waals surface area contributed by atoms with Gasteiger partial charge in [-0.3, -0.25) is 4.79 Å². The van der Waals surface area contributed by atoms with Crippen LogP contribution in [-0.2, 0) is 16.0 Å². The summed E-state index contributed by atoms with van der Waals surface area (Å²) in [4.78, 5) is 23.4. The summed E-state index contributed by atoms with van der Waals surface area (Å²) in [5, 5.41) is 2.60. The van der Waals surface area contributed by atoms with Crippen LogP contribution in [-0.4, -0.2) is 18.5 Å². The predicted molar refractivity (Wildman–Crippen MR) is 81.1 cm³/mol. The van der Waals surface area contributed by atoms with E-state index >= 15 is 0 Å². The Hall–Kier alpha value is -2.69. The fraction of sp³-hybridized carbons (Fsp3) is 0.176. The third-order valence-corrected chi connectivity index (χ3v) is 3.07. The fourth-order valence-electron chi connectivity index (χ4n) is 1.86. The highest BCUT2D eigenvalue weighted by Crippen LogP contribution is 2.10. The number of benzene rings is 2. The van der Waals surface area contributed by atoms with Crippen LogP contribution < -0.4 is 5.32 Å². The number of aryl methyl sites for hydroxylation is 1. The van der Waals surface area contributed by atoms with Crippen LogP contribution in [0, 0.1) is 5.82 Å². The number of carbonyl (C=O) groups excluding carboxylic acids is 2. The van der Waals surface area contributed by atoms with Crippen molar-refractivity contribution in [3.63, 3.8) is 0 Å². The SMILES string of the molecule is CCc1ccc(NC(=O)COC(=O)c2ccccc2F)cc1. The van der Waals surface area contributed by atoms with E-state index in [1.165, 1.54) is 18.2 Å². The highest BCUT2D eigenvalue weighted by Gasteiger charge is 2.14. The van der Waals surface area contributed by atoms with Crippen LogP contribution in [0.1, 0.15) is 22.8 Å². The van der Waals surface area contributed by atoms with Crippen LogP contribution in [0.4, 0.5) is 10.1 Å². The smallest absolute Gasteiger partial charge is 0.341 e. The molecule has 5 heteroatoms. The van der Waals surface area contributed by atoms with Gasteiger partial charge in [0, 0.05) is 5.69 Å². The van der Waals surface area contributed by atoms with Gasteiger partial charge in [-0.1, -0.05) is 31.2 Å². The lowest BCUT2D eigenvalue weighted by Gasteiger charge is -2.07. The summed E-state index contributed by atoms with van der Waals surface area (Å²) in [5.74, 6) is -2.02. The molecule has 0 aromatic heterocycles. The summed E-state index contributed by atoms with van der Waals surface area (Å²) in [7, 11) is 0. The molecule has 0 unspecified atom stereocenters. The predicted octanol–water partition coefficient (Wildman–Crippen LogP) is 3.18. The van der Waals surface area contributed by atoms with Crippen LogP contribution in [0.2, 0.25) is 0 Å². The minimum absolute atomic E-state index is 0.192. The number of amides is 1. The van der Waals surface area contributed by atoms with Crippen molar-refractivity contribution in [3.8, 4) is 0 Å². The van der Waals surface area contributed by atoms with Crippen molar-refractivity contribution >= 4 is 17.6 Å². The van der Waals surface area contributed by atoms with Crippen molar-refractivity contribution in [3.05, 3.63) is 65.5 Å². The number of nitrogens with one attached hydrogen (secondary N) is 1. The lowest BCUT2D eigenvalue weighted by atomic mass is 10.1. The van der Waals surface area contributed by atoms with Gasteiger partial charge >= 0.3 is 5.97 Å². The molecule has 0 spiro atoms. The number of esters is 1. The van der Waals surface area contributed by atoms with E-state index in [1.54, 1.807) is 12.1 Å². The van der Waals surface area contributed by atoms with E-state index < -0.39 is 24.3 Å². The molecule has 2 rings (SSSR count). The Bertz CT molecular complexity index is 668. The van der Waals surface area contributed by atoms with Crippen molar-refractivity contribution in [1.29, 1.82) is 0 Å². The maximum Gasteiger partial charge on any atom is 0.341 e. The monoisotopic (exact) mass is 301 g/mol. The molecule has 0 heterocycles. The third-order valence-electron chi connectivity index (χ3n) is 3.07. The van der Waals surface area contributed by atoms with Crippen molar-refractivity contribution in [2.75, 3.05) is 11.9 Å². The summed E-state index contributed by atoms with van der Waals surface area (Å²) in [6, 6.07) is 12.8. The Morgan fingerprint density at radius 1 is 1.09 bits per heavy atom. The van der Waals surface area contributed by atoms with Gasteiger partial charge in [-0.2, -0.15) is 0 Å². The minimum Gasteiger partial charge on any atom is -0.452 e. The second-order valence-electron chi connectivity index (χ2n) is 4.65. The van der Waals surface area contributed by atoms with Crippen molar-refractivity contribution in [1.82, 2.24) is 0 Å². The molecule has 0 saturated heterocycles.